The van der Waals surface area contributed by atoms with Gasteiger partial charge in [-0.15, -0.1) is 0 Å². The molecule has 0 aromatic heterocycles. The molecule has 0 N–H and O–H groups in total. The highest BCUT2D eigenvalue weighted by atomic mass is 16.5. The molecule has 0 aliphatic carbocycles. The molecule has 1 atom stereocenters. The molecule has 1 aliphatic heterocycles. The van der Waals surface area contributed by atoms with Crippen LogP contribution in [0.25, 0.3) is 0 Å². The van der Waals surface area contributed by atoms with Gasteiger partial charge in [-0.25, -0.2) is 0 Å². The Kier molecular flexibility index (Phi) is 4.74. The predicted molar refractivity (Wildman–Crippen MR) is 73.9 cm³/mol. The van der Waals surface area contributed by atoms with Crippen molar-refractivity contribution < 1.29 is 19.1 Å². The molecule has 0 bridgehead atoms. The fourth-order valence-corrected chi connectivity index (χ4v) is 2.09. The van der Waals surface area contributed by atoms with Gasteiger partial charge >= 0.3 is 0 Å². The van der Waals surface area contributed by atoms with Gasteiger partial charge in [0.1, 0.15) is 5.75 Å². The first-order valence-corrected chi connectivity index (χ1v) is 6.69. The molecule has 1 saturated heterocycles. The summed E-state index contributed by atoms with van der Waals surface area (Å²) in [6.07, 6.45) is 0.0636. The maximum atomic E-state index is 12.0. The zero-order valence-corrected chi connectivity index (χ0v) is 11.8. The molecule has 0 spiro atoms. The molecular formula is C15H19NO4. The molecule has 0 saturated carbocycles. The molecule has 0 radical (unpaired) electrons. The number of carbonyl (C=O) groups is 2. The number of rotatable bonds is 4. The topological polar surface area (TPSA) is 55.8 Å². The first-order valence-electron chi connectivity index (χ1n) is 6.69. The second-order valence-corrected chi connectivity index (χ2v) is 4.89. The number of Topliss-reactive ketones (excluding diaryl/α,β-unsaturated/α-hetero) is 1. The van der Waals surface area contributed by atoms with Crippen LogP contribution in [0.4, 0.5) is 0 Å². The van der Waals surface area contributed by atoms with Gasteiger partial charge in [-0.2, -0.15) is 0 Å². The Hall–Kier alpha value is -1.88. The molecule has 20 heavy (non-hydrogen) atoms. The van der Waals surface area contributed by atoms with E-state index in [-0.39, 0.29) is 24.4 Å². The summed E-state index contributed by atoms with van der Waals surface area (Å²) >= 11 is 0. The molecule has 1 aromatic carbocycles. The summed E-state index contributed by atoms with van der Waals surface area (Å²) in [6, 6.07) is 6.85. The van der Waals surface area contributed by atoms with Crippen molar-refractivity contribution in [1.29, 1.82) is 0 Å². The minimum atomic E-state index is -0.0617. The Morgan fingerprint density at radius 3 is 2.95 bits per heavy atom. The first-order chi connectivity index (χ1) is 9.56. The highest BCUT2D eigenvalue weighted by molar-refractivity contribution is 5.94. The third kappa shape index (κ3) is 3.81. The molecule has 0 unspecified atom stereocenters. The van der Waals surface area contributed by atoms with E-state index in [0.29, 0.717) is 31.0 Å². The number of amides is 1. The number of hydrogen-bond donors (Lipinski definition) is 0. The Labute approximate surface area is 118 Å². The van der Waals surface area contributed by atoms with Crippen LogP contribution in [-0.2, 0) is 9.53 Å². The molecule has 1 heterocycles. The van der Waals surface area contributed by atoms with Gasteiger partial charge in [-0.3, -0.25) is 9.59 Å². The average molecular weight is 277 g/mol. The summed E-state index contributed by atoms with van der Waals surface area (Å²) in [7, 11) is 0. The molecule has 5 nitrogen and oxygen atoms in total. The number of carbonyl (C=O) groups excluding carboxylic acids is 2. The summed E-state index contributed by atoms with van der Waals surface area (Å²) in [6.45, 7) is 5.17. The number of hydrogen-bond acceptors (Lipinski definition) is 4. The number of ketones is 1. The van der Waals surface area contributed by atoms with Crippen molar-refractivity contribution in [3.8, 4) is 5.75 Å². The third-order valence-electron chi connectivity index (χ3n) is 3.20. The van der Waals surface area contributed by atoms with E-state index in [9.17, 15) is 9.59 Å². The lowest BCUT2D eigenvalue weighted by Crippen LogP contribution is -2.46. The average Bonchev–Trinajstić information content (AvgIpc) is 2.45. The lowest BCUT2D eigenvalue weighted by molar-refractivity contribution is -0.140. The van der Waals surface area contributed by atoms with E-state index in [2.05, 4.69) is 0 Å². The summed E-state index contributed by atoms with van der Waals surface area (Å²) in [5, 5.41) is 0. The Morgan fingerprint density at radius 1 is 1.45 bits per heavy atom. The molecule has 5 heteroatoms. The van der Waals surface area contributed by atoms with Crippen molar-refractivity contribution >= 4 is 11.7 Å². The van der Waals surface area contributed by atoms with E-state index < -0.39 is 0 Å². The standard InChI is InChI=1S/C15H19NO4/c1-11-9-16(6-7-19-11)15(18)10-20-14-5-3-4-13(8-14)12(2)17/h3-5,8,11H,6-7,9-10H2,1-2H3/t11-/m0/s1. The van der Waals surface area contributed by atoms with Crippen molar-refractivity contribution in [2.75, 3.05) is 26.3 Å². The second kappa shape index (κ2) is 6.52. The van der Waals surface area contributed by atoms with Gasteiger partial charge in [0.15, 0.2) is 12.4 Å². The fraction of sp³-hybridized carbons (Fsp3) is 0.467. The molecular weight excluding hydrogens is 258 g/mol. The van der Waals surface area contributed by atoms with E-state index in [1.807, 2.05) is 6.92 Å². The normalized spacial score (nSPS) is 18.7. The van der Waals surface area contributed by atoms with Crippen molar-refractivity contribution in [3.05, 3.63) is 29.8 Å². The number of benzene rings is 1. The Bertz CT molecular complexity index is 500. The molecule has 1 fully saturated rings. The lowest BCUT2D eigenvalue weighted by atomic mass is 10.1. The number of nitrogens with zero attached hydrogens (tertiary/aromatic N) is 1. The van der Waals surface area contributed by atoms with Crippen LogP contribution >= 0.6 is 0 Å². The first kappa shape index (κ1) is 14.5. The third-order valence-corrected chi connectivity index (χ3v) is 3.20. The van der Waals surface area contributed by atoms with Gasteiger partial charge in [0.25, 0.3) is 5.91 Å². The van der Waals surface area contributed by atoms with Crippen LogP contribution < -0.4 is 4.74 Å². The van der Waals surface area contributed by atoms with Crippen molar-refractivity contribution in [3.63, 3.8) is 0 Å². The van der Waals surface area contributed by atoms with Crippen molar-refractivity contribution in [1.82, 2.24) is 4.90 Å². The van der Waals surface area contributed by atoms with Crippen LogP contribution in [0.1, 0.15) is 24.2 Å². The fourth-order valence-electron chi connectivity index (χ4n) is 2.09. The van der Waals surface area contributed by atoms with Crippen LogP contribution in [0, 0.1) is 0 Å². The van der Waals surface area contributed by atoms with Crippen LogP contribution in [0.3, 0.4) is 0 Å². The van der Waals surface area contributed by atoms with Gasteiger partial charge in [0, 0.05) is 18.7 Å². The largest absolute Gasteiger partial charge is 0.484 e. The van der Waals surface area contributed by atoms with Gasteiger partial charge < -0.3 is 14.4 Å². The minimum Gasteiger partial charge on any atom is -0.484 e. The van der Waals surface area contributed by atoms with Crippen LogP contribution in [0.2, 0.25) is 0 Å². The molecule has 1 aliphatic rings. The summed E-state index contributed by atoms with van der Waals surface area (Å²) in [5.74, 6) is 0.449. The maximum Gasteiger partial charge on any atom is 0.260 e. The predicted octanol–water partition coefficient (Wildman–Crippen LogP) is 1.52. The van der Waals surface area contributed by atoms with Crippen molar-refractivity contribution in [2.45, 2.75) is 20.0 Å². The zero-order chi connectivity index (χ0) is 14.5. The Morgan fingerprint density at radius 2 is 2.25 bits per heavy atom. The Balaban J connectivity index is 1.89. The number of ether oxygens (including phenoxy) is 2. The summed E-state index contributed by atoms with van der Waals surface area (Å²) in [5.41, 5.74) is 0.579. The van der Waals surface area contributed by atoms with E-state index in [0.717, 1.165) is 0 Å². The zero-order valence-electron chi connectivity index (χ0n) is 11.8. The summed E-state index contributed by atoms with van der Waals surface area (Å²) in [4.78, 5) is 25.0. The molecule has 1 aromatic rings. The highest BCUT2D eigenvalue weighted by Crippen LogP contribution is 2.14. The van der Waals surface area contributed by atoms with Gasteiger partial charge in [-0.1, -0.05) is 12.1 Å². The van der Waals surface area contributed by atoms with E-state index in [1.165, 1.54) is 6.92 Å². The molecule has 108 valence electrons. The second-order valence-electron chi connectivity index (χ2n) is 4.89. The van der Waals surface area contributed by atoms with Crippen LogP contribution in [0.5, 0.6) is 5.75 Å². The minimum absolute atomic E-state index is 0.0198. The monoisotopic (exact) mass is 277 g/mol. The van der Waals surface area contributed by atoms with Crippen LogP contribution in [-0.4, -0.2) is 49.0 Å². The maximum absolute atomic E-state index is 12.0. The highest BCUT2D eigenvalue weighted by Gasteiger charge is 2.21. The summed E-state index contributed by atoms with van der Waals surface area (Å²) < 4.78 is 10.9. The smallest absolute Gasteiger partial charge is 0.260 e. The quantitative estimate of drug-likeness (QED) is 0.783. The van der Waals surface area contributed by atoms with E-state index in [1.54, 1.807) is 29.2 Å². The van der Waals surface area contributed by atoms with Crippen molar-refractivity contribution in [2.24, 2.45) is 0 Å². The van der Waals surface area contributed by atoms with Gasteiger partial charge in [0.05, 0.1) is 12.7 Å². The van der Waals surface area contributed by atoms with Gasteiger partial charge in [-0.05, 0) is 26.0 Å². The lowest BCUT2D eigenvalue weighted by Gasteiger charge is -2.31. The number of morpholine rings is 1. The molecule has 1 amide bonds. The SMILES string of the molecule is CC(=O)c1cccc(OCC(=O)N2CCO[C@@H](C)C2)c1. The van der Waals surface area contributed by atoms with E-state index in [4.69, 9.17) is 9.47 Å². The molecule has 2 rings (SSSR count). The van der Waals surface area contributed by atoms with Crippen LogP contribution in [0.15, 0.2) is 24.3 Å². The van der Waals surface area contributed by atoms with Gasteiger partial charge in [0.2, 0.25) is 0 Å². The van der Waals surface area contributed by atoms with E-state index >= 15 is 0 Å².